The van der Waals surface area contributed by atoms with Crippen LogP contribution in [0.2, 0.25) is 0 Å². The fourth-order valence-electron chi connectivity index (χ4n) is 2.39. The van der Waals surface area contributed by atoms with E-state index >= 15 is 0 Å². The van der Waals surface area contributed by atoms with Crippen LogP contribution in [0.25, 0.3) is 11.1 Å². The predicted molar refractivity (Wildman–Crippen MR) is 77.2 cm³/mol. The molecule has 0 spiro atoms. The third-order valence-corrected chi connectivity index (χ3v) is 3.50. The number of nitrogens with zero attached hydrogens (tertiary/aromatic N) is 1. The molecular formula is C16H15NO3. The fraction of sp³-hybridized carbons (Fsp3) is 0.188. The van der Waals surface area contributed by atoms with Crippen molar-refractivity contribution in [1.29, 1.82) is 0 Å². The fourth-order valence-corrected chi connectivity index (χ4v) is 2.39. The van der Waals surface area contributed by atoms with Crippen molar-refractivity contribution in [2.45, 2.75) is 20.4 Å². The van der Waals surface area contributed by atoms with Crippen LogP contribution in [0.3, 0.4) is 0 Å². The summed E-state index contributed by atoms with van der Waals surface area (Å²) in [4.78, 5) is 12.0. The maximum absolute atomic E-state index is 12.0. The molecule has 1 heterocycles. The van der Waals surface area contributed by atoms with Crippen molar-refractivity contribution in [2.75, 3.05) is 0 Å². The minimum absolute atomic E-state index is 0.0543. The highest BCUT2D eigenvalue weighted by Gasteiger charge is 2.13. The predicted octanol–water partition coefficient (Wildman–Crippen LogP) is 2.97. The summed E-state index contributed by atoms with van der Waals surface area (Å²) >= 11 is 0. The summed E-state index contributed by atoms with van der Waals surface area (Å²) in [5.41, 5.74) is 4.12. The van der Waals surface area contributed by atoms with Crippen LogP contribution in [0.1, 0.15) is 16.7 Å². The van der Waals surface area contributed by atoms with Crippen molar-refractivity contribution >= 4 is 11.1 Å². The average Bonchev–Trinajstić information content (AvgIpc) is 2.72. The lowest BCUT2D eigenvalue weighted by molar-refractivity contribution is 0.477. The van der Waals surface area contributed by atoms with Crippen molar-refractivity contribution in [3.8, 4) is 5.75 Å². The van der Waals surface area contributed by atoms with E-state index in [1.54, 1.807) is 18.2 Å². The van der Waals surface area contributed by atoms with E-state index in [1.807, 2.05) is 32.0 Å². The topological polar surface area (TPSA) is 55.4 Å². The van der Waals surface area contributed by atoms with Gasteiger partial charge in [-0.15, -0.1) is 0 Å². The molecule has 0 unspecified atom stereocenters. The van der Waals surface area contributed by atoms with Gasteiger partial charge in [-0.2, -0.15) is 0 Å². The van der Waals surface area contributed by atoms with Crippen LogP contribution >= 0.6 is 0 Å². The lowest BCUT2D eigenvalue weighted by Gasteiger charge is -2.08. The first-order valence-electron chi connectivity index (χ1n) is 6.44. The highest BCUT2D eigenvalue weighted by Crippen LogP contribution is 2.24. The monoisotopic (exact) mass is 269 g/mol. The molecule has 0 atom stereocenters. The standard InChI is InChI=1S/C16H15NO3/c1-10-6-7-11(2)12(8-10)9-17-15-13(18)4-3-5-14(15)20-16(17)19/h3-8,18H,9H2,1-2H3. The molecule has 2 aromatic carbocycles. The zero-order valence-electron chi connectivity index (χ0n) is 11.4. The van der Waals surface area contributed by atoms with Gasteiger partial charge in [-0.05, 0) is 37.1 Å². The minimum Gasteiger partial charge on any atom is -0.506 e. The first-order chi connectivity index (χ1) is 9.56. The van der Waals surface area contributed by atoms with E-state index in [9.17, 15) is 9.90 Å². The number of benzene rings is 2. The molecule has 102 valence electrons. The molecule has 4 heteroatoms. The largest absolute Gasteiger partial charge is 0.506 e. The van der Waals surface area contributed by atoms with Gasteiger partial charge in [0.25, 0.3) is 0 Å². The Morgan fingerprint density at radius 3 is 2.80 bits per heavy atom. The van der Waals surface area contributed by atoms with Crippen molar-refractivity contribution in [3.05, 3.63) is 63.6 Å². The van der Waals surface area contributed by atoms with Gasteiger partial charge in [-0.3, -0.25) is 4.57 Å². The van der Waals surface area contributed by atoms with Gasteiger partial charge in [0.2, 0.25) is 0 Å². The number of rotatable bonds is 2. The molecular weight excluding hydrogens is 254 g/mol. The Labute approximate surface area is 115 Å². The third kappa shape index (κ3) is 1.99. The van der Waals surface area contributed by atoms with Crippen LogP contribution in [-0.2, 0) is 6.54 Å². The lowest BCUT2D eigenvalue weighted by Crippen LogP contribution is -2.15. The maximum atomic E-state index is 12.0. The van der Waals surface area contributed by atoms with Crippen molar-refractivity contribution in [2.24, 2.45) is 0 Å². The number of hydrogen-bond donors (Lipinski definition) is 1. The molecule has 0 aliphatic heterocycles. The van der Waals surface area contributed by atoms with E-state index in [1.165, 1.54) is 4.57 Å². The highest BCUT2D eigenvalue weighted by atomic mass is 16.4. The number of oxazole rings is 1. The Hall–Kier alpha value is -2.49. The molecule has 0 saturated heterocycles. The van der Waals surface area contributed by atoms with E-state index in [0.29, 0.717) is 17.6 Å². The summed E-state index contributed by atoms with van der Waals surface area (Å²) in [6.45, 7) is 4.40. The van der Waals surface area contributed by atoms with Crippen molar-refractivity contribution in [3.63, 3.8) is 0 Å². The van der Waals surface area contributed by atoms with Crippen LogP contribution in [0.15, 0.2) is 45.6 Å². The van der Waals surface area contributed by atoms with Gasteiger partial charge < -0.3 is 9.52 Å². The van der Waals surface area contributed by atoms with E-state index in [2.05, 4.69) is 0 Å². The number of aromatic nitrogens is 1. The van der Waals surface area contributed by atoms with Crippen LogP contribution < -0.4 is 5.76 Å². The Balaban J connectivity index is 2.18. The Kier molecular flexibility index (Phi) is 2.86. The zero-order valence-corrected chi connectivity index (χ0v) is 11.4. The number of fused-ring (bicyclic) bond motifs is 1. The SMILES string of the molecule is Cc1ccc(C)c(Cn2c(=O)oc3cccc(O)c32)c1. The number of para-hydroxylation sites is 1. The summed E-state index contributed by atoms with van der Waals surface area (Å²) in [6.07, 6.45) is 0. The Morgan fingerprint density at radius 1 is 1.20 bits per heavy atom. The normalized spacial score (nSPS) is 11.1. The van der Waals surface area contributed by atoms with Crippen molar-refractivity contribution in [1.82, 2.24) is 4.57 Å². The molecule has 1 N–H and O–H groups in total. The smallest absolute Gasteiger partial charge is 0.420 e. The summed E-state index contributed by atoms with van der Waals surface area (Å²) in [5, 5.41) is 9.95. The molecule has 0 aliphatic rings. The van der Waals surface area contributed by atoms with E-state index in [4.69, 9.17) is 4.42 Å². The second kappa shape index (κ2) is 4.56. The summed E-state index contributed by atoms with van der Waals surface area (Å²) < 4.78 is 6.63. The summed E-state index contributed by atoms with van der Waals surface area (Å²) in [6, 6.07) is 11.0. The van der Waals surface area contributed by atoms with Gasteiger partial charge in [0.15, 0.2) is 5.58 Å². The highest BCUT2D eigenvalue weighted by molar-refractivity contribution is 5.79. The first kappa shape index (κ1) is 12.5. The maximum Gasteiger partial charge on any atom is 0.420 e. The van der Waals surface area contributed by atoms with Crippen LogP contribution in [0, 0.1) is 13.8 Å². The number of phenolic OH excluding ortho intramolecular Hbond substituents is 1. The van der Waals surface area contributed by atoms with Crippen LogP contribution in [-0.4, -0.2) is 9.67 Å². The quantitative estimate of drug-likeness (QED) is 0.778. The van der Waals surface area contributed by atoms with E-state index < -0.39 is 5.76 Å². The molecule has 0 radical (unpaired) electrons. The van der Waals surface area contributed by atoms with E-state index in [0.717, 1.165) is 16.7 Å². The molecule has 0 amide bonds. The van der Waals surface area contributed by atoms with Gasteiger partial charge in [-0.25, -0.2) is 4.79 Å². The number of phenols is 1. The van der Waals surface area contributed by atoms with E-state index in [-0.39, 0.29) is 5.75 Å². The average molecular weight is 269 g/mol. The zero-order chi connectivity index (χ0) is 14.3. The molecule has 0 fully saturated rings. The molecule has 1 aromatic heterocycles. The lowest BCUT2D eigenvalue weighted by atomic mass is 10.1. The number of aryl methyl sites for hydroxylation is 2. The first-order valence-corrected chi connectivity index (χ1v) is 6.44. The molecule has 0 bridgehead atoms. The number of aromatic hydroxyl groups is 1. The van der Waals surface area contributed by atoms with Gasteiger partial charge >= 0.3 is 5.76 Å². The molecule has 0 aliphatic carbocycles. The second-order valence-corrected chi connectivity index (χ2v) is 5.01. The third-order valence-electron chi connectivity index (χ3n) is 3.50. The van der Waals surface area contributed by atoms with Gasteiger partial charge in [-0.1, -0.05) is 29.8 Å². The minimum atomic E-state index is -0.456. The molecule has 0 saturated carbocycles. The molecule has 3 rings (SSSR count). The Morgan fingerprint density at radius 2 is 2.00 bits per heavy atom. The summed E-state index contributed by atoms with van der Waals surface area (Å²) in [5.74, 6) is -0.402. The molecule has 4 nitrogen and oxygen atoms in total. The van der Waals surface area contributed by atoms with Gasteiger partial charge in [0, 0.05) is 0 Å². The second-order valence-electron chi connectivity index (χ2n) is 5.01. The molecule has 3 aromatic rings. The van der Waals surface area contributed by atoms with Gasteiger partial charge in [0.05, 0.1) is 6.54 Å². The molecule has 20 heavy (non-hydrogen) atoms. The van der Waals surface area contributed by atoms with Gasteiger partial charge in [0.1, 0.15) is 11.3 Å². The summed E-state index contributed by atoms with van der Waals surface area (Å²) in [7, 11) is 0. The van der Waals surface area contributed by atoms with Crippen LogP contribution in [0.4, 0.5) is 0 Å². The Bertz CT molecular complexity index is 843. The number of hydrogen-bond acceptors (Lipinski definition) is 3. The van der Waals surface area contributed by atoms with Crippen molar-refractivity contribution < 1.29 is 9.52 Å². The van der Waals surface area contributed by atoms with Crippen LogP contribution in [0.5, 0.6) is 5.75 Å².